The summed E-state index contributed by atoms with van der Waals surface area (Å²) < 4.78 is 26.6. The van der Waals surface area contributed by atoms with Gasteiger partial charge in [-0.2, -0.15) is 0 Å². The summed E-state index contributed by atoms with van der Waals surface area (Å²) in [5, 5.41) is 11.1. The number of hydrogen-bond acceptors (Lipinski definition) is 8. The van der Waals surface area contributed by atoms with E-state index in [1.165, 1.54) is 18.3 Å². The highest BCUT2D eigenvalue weighted by molar-refractivity contribution is 7.93. The molecule has 0 unspecified atom stereocenters. The van der Waals surface area contributed by atoms with E-state index in [-0.39, 0.29) is 15.7 Å². The van der Waals surface area contributed by atoms with Crippen LogP contribution in [0, 0.1) is 17.0 Å². The van der Waals surface area contributed by atoms with Gasteiger partial charge in [0.05, 0.1) is 9.82 Å². The fraction of sp³-hybridized carbons (Fsp3) is 0.100. The number of nitrogens with one attached hydrogen (secondary N) is 2. The van der Waals surface area contributed by atoms with Crippen LogP contribution in [-0.2, 0) is 10.0 Å². The molecule has 0 fully saturated rings. The first-order valence-electron chi connectivity index (χ1n) is 5.54. The van der Waals surface area contributed by atoms with Gasteiger partial charge < -0.3 is 5.43 Å². The smallest absolute Gasteiger partial charge is 0.295 e. The minimum Gasteiger partial charge on any atom is -0.318 e. The molecular weight excluding hydrogens is 318 g/mol. The summed E-state index contributed by atoms with van der Waals surface area (Å²) >= 11 is 1.16. The number of nitrogens with two attached hydrogens (primary N) is 1. The molecule has 0 saturated heterocycles. The first-order chi connectivity index (χ1) is 9.83. The van der Waals surface area contributed by atoms with Crippen LogP contribution in [0.5, 0.6) is 0 Å². The average Bonchev–Trinajstić information content (AvgIpc) is 2.82. The van der Waals surface area contributed by atoms with E-state index in [0.717, 1.165) is 22.3 Å². The molecule has 0 aliphatic carbocycles. The second-order valence-corrected chi connectivity index (χ2v) is 6.88. The van der Waals surface area contributed by atoms with Crippen LogP contribution < -0.4 is 16.0 Å². The van der Waals surface area contributed by atoms with Gasteiger partial charge in [-0.15, -0.1) is 11.3 Å². The Morgan fingerprint density at radius 3 is 2.67 bits per heavy atom. The normalized spacial score (nSPS) is 11.1. The highest BCUT2D eigenvalue weighted by Crippen LogP contribution is 2.28. The number of aryl methyl sites for hydroxylation is 1. The predicted octanol–water partition coefficient (Wildman–Crippen LogP) is 1.45. The summed E-state index contributed by atoms with van der Waals surface area (Å²) in [5.41, 5.74) is 1.72. The van der Waals surface area contributed by atoms with Gasteiger partial charge in [0.2, 0.25) is 0 Å². The molecule has 0 saturated carbocycles. The third-order valence-corrected chi connectivity index (χ3v) is 4.77. The minimum atomic E-state index is -3.96. The monoisotopic (exact) mass is 329 g/mol. The topological polar surface area (TPSA) is 140 Å². The van der Waals surface area contributed by atoms with Crippen molar-refractivity contribution in [1.82, 2.24) is 4.98 Å². The molecular formula is C10H11N5O4S2. The Hall–Kier alpha value is -2.24. The molecule has 9 nitrogen and oxygen atoms in total. The Morgan fingerprint density at radius 1 is 1.43 bits per heavy atom. The largest absolute Gasteiger partial charge is 0.318 e. The van der Waals surface area contributed by atoms with Crippen molar-refractivity contribution in [2.24, 2.45) is 5.84 Å². The second-order valence-electron chi connectivity index (χ2n) is 3.96. The number of rotatable bonds is 5. The number of nitro benzene ring substituents is 1. The summed E-state index contributed by atoms with van der Waals surface area (Å²) in [7, 11) is -3.96. The van der Waals surface area contributed by atoms with Crippen LogP contribution in [0.25, 0.3) is 0 Å². The lowest BCUT2D eigenvalue weighted by Gasteiger charge is -2.07. The SMILES string of the molecule is Cc1cnc(NS(=O)(=O)c2ccc(NN)c([N+](=O)[O-])c2)s1. The zero-order chi connectivity index (χ0) is 15.6. The predicted molar refractivity (Wildman–Crippen MR) is 78.6 cm³/mol. The number of sulfonamides is 1. The van der Waals surface area contributed by atoms with Crippen molar-refractivity contribution in [3.63, 3.8) is 0 Å². The van der Waals surface area contributed by atoms with Crippen molar-refractivity contribution in [3.8, 4) is 0 Å². The molecule has 1 aromatic heterocycles. The standard InChI is InChI=1S/C10H11N5O4S2/c1-6-5-12-10(20-6)14-21(18,19)7-2-3-8(13-11)9(4-7)15(16)17/h2-5,13H,11H2,1H3,(H,12,14). The molecule has 1 heterocycles. The third kappa shape index (κ3) is 3.26. The first-order valence-corrected chi connectivity index (χ1v) is 7.84. The summed E-state index contributed by atoms with van der Waals surface area (Å²) in [6.07, 6.45) is 1.52. The van der Waals surface area contributed by atoms with E-state index in [4.69, 9.17) is 5.84 Å². The average molecular weight is 329 g/mol. The molecule has 0 aliphatic heterocycles. The van der Waals surface area contributed by atoms with Crippen molar-refractivity contribution < 1.29 is 13.3 Å². The molecule has 4 N–H and O–H groups in total. The van der Waals surface area contributed by atoms with Gasteiger partial charge in [0, 0.05) is 17.1 Å². The van der Waals surface area contributed by atoms with Crippen LogP contribution in [0.3, 0.4) is 0 Å². The summed E-state index contributed by atoms with van der Waals surface area (Å²) in [5.74, 6) is 5.15. The number of thiazole rings is 1. The van der Waals surface area contributed by atoms with E-state index in [2.05, 4.69) is 15.1 Å². The van der Waals surface area contributed by atoms with Crippen molar-refractivity contribution >= 4 is 37.9 Å². The van der Waals surface area contributed by atoms with Crippen LogP contribution in [0.15, 0.2) is 29.3 Å². The zero-order valence-electron chi connectivity index (χ0n) is 10.7. The fourth-order valence-electron chi connectivity index (χ4n) is 1.53. The van der Waals surface area contributed by atoms with Crippen molar-refractivity contribution in [2.75, 3.05) is 10.1 Å². The highest BCUT2D eigenvalue weighted by atomic mass is 32.2. The van der Waals surface area contributed by atoms with Gasteiger partial charge in [0.25, 0.3) is 15.7 Å². The van der Waals surface area contributed by atoms with Crippen LogP contribution in [0.1, 0.15) is 4.88 Å². The third-order valence-electron chi connectivity index (χ3n) is 2.47. The lowest BCUT2D eigenvalue weighted by Crippen LogP contribution is -2.14. The summed E-state index contributed by atoms with van der Waals surface area (Å²) in [4.78, 5) is 14.7. The van der Waals surface area contributed by atoms with Gasteiger partial charge >= 0.3 is 0 Å². The minimum absolute atomic E-state index is 0.0176. The molecule has 0 spiro atoms. The van der Waals surface area contributed by atoms with Crippen molar-refractivity contribution in [2.45, 2.75) is 11.8 Å². The summed E-state index contributed by atoms with van der Waals surface area (Å²) in [6, 6.07) is 3.36. The molecule has 21 heavy (non-hydrogen) atoms. The number of aromatic nitrogens is 1. The number of benzene rings is 1. The van der Waals surface area contributed by atoms with E-state index in [0.29, 0.717) is 0 Å². The van der Waals surface area contributed by atoms with Crippen molar-refractivity contribution in [1.29, 1.82) is 0 Å². The molecule has 11 heteroatoms. The van der Waals surface area contributed by atoms with Crippen LogP contribution in [0.2, 0.25) is 0 Å². The molecule has 2 aromatic rings. The Morgan fingerprint density at radius 2 is 2.14 bits per heavy atom. The Labute approximate surface area is 124 Å². The Kier molecular flexibility index (Phi) is 4.06. The molecule has 0 radical (unpaired) electrons. The molecule has 1 aromatic carbocycles. The van der Waals surface area contributed by atoms with Gasteiger partial charge in [0.15, 0.2) is 5.13 Å². The number of anilines is 2. The maximum atomic E-state index is 12.2. The number of nitrogens with zero attached hydrogens (tertiary/aromatic N) is 2. The molecule has 0 bridgehead atoms. The quantitative estimate of drug-likeness (QED) is 0.428. The molecule has 0 amide bonds. The van der Waals surface area contributed by atoms with E-state index < -0.39 is 20.6 Å². The first kappa shape index (κ1) is 15.2. The number of nitrogen functional groups attached to an aromatic ring is 1. The lowest BCUT2D eigenvalue weighted by molar-refractivity contribution is -0.384. The van der Waals surface area contributed by atoms with Gasteiger partial charge in [0.1, 0.15) is 5.69 Å². The highest BCUT2D eigenvalue weighted by Gasteiger charge is 2.22. The lowest BCUT2D eigenvalue weighted by atomic mass is 10.3. The molecule has 0 aliphatic rings. The van der Waals surface area contributed by atoms with Crippen LogP contribution in [0.4, 0.5) is 16.5 Å². The van der Waals surface area contributed by atoms with E-state index in [9.17, 15) is 18.5 Å². The van der Waals surface area contributed by atoms with Gasteiger partial charge in [-0.05, 0) is 19.1 Å². The van der Waals surface area contributed by atoms with Gasteiger partial charge in [-0.3, -0.25) is 20.7 Å². The maximum Gasteiger partial charge on any atom is 0.295 e. The second kappa shape index (κ2) is 5.63. The van der Waals surface area contributed by atoms with E-state index in [1.807, 2.05) is 0 Å². The van der Waals surface area contributed by atoms with E-state index in [1.54, 1.807) is 6.92 Å². The fourth-order valence-corrected chi connectivity index (χ4v) is 3.45. The zero-order valence-corrected chi connectivity index (χ0v) is 12.4. The maximum absolute atomic E-state index is 12.2. The number of nitro groups is 1. The molecule has 2 rings (SSSR count). The van der Waals surface area contributed by atoms with E-state index >= 15 is 0 Å². The number of hydrazine groups is 1. The Bertz CT molecular complexity index is 786. The molecule has 0 atom stereocenters. The number of hydrogen-bond donors (Lipinski definition) is 3. The van der Waals surface area contributed by atoms with Gasteiger partial charge in [-0.25, -0.2) is 13.4 Å². The molecule has 112 valence electrons. The van der Waals surface area contributed by atoms with Crippen LogP contribution >= 0.6 is 11.3 Å². The Balaban J connectivity index is 2.40. The van der Waals surface area contributed by atoms with Crippen molar-refractivity contribution in [3.05, 3.63) is 39.4 Å². The summed E-state index contributed by atoms with van der Waals surface area (Å²) in [6.45, 7) is 1.78. The van der Waals surface area contributed by atoms with Gasteiger partial charge in [-0.1, -0.05) is 0 Å². The van der Waals surface area contributed by atoms with Crippen LogP contribution in [-0.4, -0.2) is 18.3 Å².